The van der Waals surface area contributed by atoms with Crippen LogP contribution in [0.3, 0.4) is 0 Å². The number of carbonyl (C=O) groups excluding carboxylic acids is 2. The fourth-order valence-corrected chi connectivity index (χ4v) is 1.01. The molecule has 72 valence electrons. The van der Waals surface area contributed by atoms with Gasteiger partial charge < -0.3 is 10.1 Å². The topological polar surface area (TPSA) is 55.4 Å². The number of amides is 1. The summed E-state index contributed by atoms with van der Waals surface area (Å²) in [7, 11) is 1.29. The van der Waals surface area contributed by atoms with Gasteiger partial charge in [0, 0.05) is 6.42 Å². The van der Waals surface area contributed by atoms with Gasteiger partial charge in [-0.3, -0.25) is 9.59 Å². The van der Waals surface area contributed by atoms with E-state index in [9.17, 15) is 9.59 Å². The van der Waals surface area contributed by atoms with E-state index in [2.05, 4.69) is 16.6 Å². The van der Waals surface area contributed by atoms with E-state index in [1.54, 1.807) is 0 Å². The monoisotopic (exact) mass is 183 g/mol. The maximum atomic E-state index is 11.1. The lowest BCUT2D eigenvalue weighted by Gasteiger charge is -2.01. The van der Waals surface area contributed by atoms with Crippen molar-refractivity contribution in [2.45, 2.75) is 12.8 Å². The summed E-state index contributed by atoms with van der Waals surface area (Å²) in [5, 5.41) is 2.47. The van der Waals surface area contributed by atoms with E-state index in [1.807, 2.05) is 0 Å². The molecule has 0 heterocycles. The molecular formula is C9H13NO3. The van der Waals surface area contributed by atoms with Gasteiger partial charge in [-0.05, 0) is 12.3 Å². The molecule has 1 amide bonds. The molecule has 0 bridgehead atoms. The standard InChI is InChI=1S/C9H13NO3/c1-6-3-7(6)4-8(11)10-5-9(12)13-2/h7H,1,3-5H2,2H3,(H,10,11). The molecule has 1 unspecified atom stereocenters. The molecule has 0 aliphatic heterocycles. The number of nitrogens with one attached hydrogen (secondary N) is 1. The minimum atomic E-state index is -0.428. The van der Waals surface area contributed by atoms with Crippen LogP contribution >= 0.6 is 0 Å². The van der Waals surface area contributed by atoms with E-state index in [-0.39, 0.29) is 12.5 Å². The number of hydrogen-bond donors (Lipinski definition) is 1. The van der Waals surface area contributed by atoms with E-state index in [1.165, 1.54) is 7.11 Å². The first-order chi connectivity index (χ1) is 6.13. The quantitative estimate of drug-likeness (QED) is 0.502. The average molecular weight is 183 g/mol. The number of hydrogen-bond acceptors (Lipinski definition) is 3. The van der Waals surface area contributed by atoms with E-state index < -0.39 is 5.97 Å². The molecule has 0 aromatic rings. The van der Waals surface area contributed by atoms with Crippen molar-refractivity contribution in [3.05, 3.63) is 12.2 Å². The Balaban J connectivity index is 2.11. The van der Waals surface area contributed by atoms with Crippen molar-refractivity contribution in [2.75, 3.05) is 13.7 Å². The first-order valence-corrected chi connectivity index (χ1v) is 4.14. The van der Waals surface area contributed by atoms with Crippen LogP contribution in [0.25, 0.3) is 0 Å². The van der Waals surface area contributed by atoms with Gasteiger partial charge in [0.25, 0.3) is 0 Å². The molecule has 1 atom stereocenters. The molecule has 4 nitrogen and oxygen atoms in total. The predicted molar refractivity (Wildman–Crippen MR) is 46.9 cm³/mol. The summed E-state index contributed by atoms with van der Waals surface area (Å²) in [4.78, 5) is 21.7. The lowest BCUT2D eigenvalue weighted by atomic mass is 10.2. The van der Waals surface area contributed by atoms with Crippen LogP contribution in [-0.2, 0) is 14.3 Å². The van der Waals surface area contributed by atoms with Crippen molar-refractivity contribution in [1.29, 1.82) is 0 Å². The molecule has 0 aromatic carbocycles. The molecule has 1 aliphatic rings. The third kappa shape index (κ3) is 3.27. The van der Waals surface area contributed by atoms with Crippen LogP contribution in [0, 0.1) is 5.92 Å². The molecule has 4 heteroatoms. The van der Waals surface area contributed by atoms with E-state index in [0.717, 1.165) is 12.0 Å². The SMILES string of the molecule is C=C1CC1CC(=O)NCC(=O)OC. The second kappa shape index (κ2) is 4.07. The zero-order chi connectivity index (χ0) is 9.84. The third-order valence-corrected chi connectivity index (χ3v) is 2.02. The summed E-state index contributed by atoms with van der Waals surface area (Å²) in [5.74, 6) is -0.213. The first kappa shape index (κ1) is 9.77. The molecule has 0 aromatic heterocycles. The van der Waals surface area contributed by atoms with E-state index >= 15 is 0 Å². The Kier molecular flexibility index (Phi) is 3.06. The Morgan fingerprint density at radius 2 is 2.31 bits per heavy atom. The summed E-state index contributed by atoms with van der Waals surface area (Å²) in [6.45, 7) is 3.69. The number of methoxy groups -OCH3 is 1. The van der Waals surface area contributed by atoms with Crippen LogP contribution < -0.4 is 5.32 Å². The highest BCUT2D eigenvalue weighted by atomic mass is 16.5. The van der Waals surface area contributed by atoms with Gasteiger partial charge in [0.2, 0.25) is 5.91 Å². The second-order valence-corrected chi connectivity index (χ2v) is 3.12. The van der Waals surface area contributed by atoms with Crippen LogP contribution in [0.2, 0.25) is 0 Å². The Bertz CT molecular complexity index is 247. The molecule has 0 saturated heterocycles. The first-order valence-electron chi connectivity index (χ1n) is 4.14. The summed E-state index contributed by atoms with van der Waals surface area (Å²) in [5.41, 5.74) is 1.12. The van der Waals surface area contributed by atoms with Gasteiger partial charge in [-0.25, -0.2) is 0 Å². The minimum Gasteiger partial charge on any atom is -0.468 e. The number of esters is 1. The van der Waals surface area contributed by atoms with Crippen molar-refractivity contribution in [3.63, 3.8) is 0 Å². The van der Waals surface area contributed by atoms with Gasteiger partial charge in [-0.2, -0.15) is 0 Å². The van der Waals surface area contributed by atoms with Gasteiger partial charge in [0.1, 0.15) is 6.54 Å². The number of carbonyl (C=O) groups is 2. The van der Waals surface area contributed by atoms with Gasteiger partial charge in [-0.15, -0.1) is 0 Å². The Morgan fingerprint density at radius 3 is 2.77 bits per heavy atom. The van der Waals surface area contributed by atoms with Gasteiger partial charge in [-0.1, -0.05) is 12.2 Å². The van der Waals surface area contributed by atoms with Crippen LogP contribution in [-0.4, -0.2) is 25.5 Å². The summed E-state index contributed by atoms with van der Waals surface area (Å²) < 4.78 is 4.37. The molecule has 1 aliphatic carbocycles. The smallest absolute Gasteiger partial charge is 0.325 e. The zero-order valence-corrected chi connectivity index (χ0v) is 7.63. The number of ether oxygens (including phenoxy) is 1. The molecule has 0 radical (unpaired) electrons. The van der Waals surface area contributed by atoms with Crippen molar-refractivity contribution in [1.82, 2.24) is 5.32 Å². The number of rotatable bonds is 4. The van der Waals surface area contributed by atoms with Crippen LogP contribution in [0.4, 0.5) is 0 Å². The normalized spacial score (nSPS) is 19.5. The maximum absolute atomic E-state index is 11.1. The van der Waals surface area contributed by atoms with Crippen molar-refractivity contribution in [2.24, 2.45) is 5.92 Å². The Hall–Kier alpha value is -1.32. The van der Waals surface area contributed by atoms with Gasteiger partial charge in [0.15, 0.2) is 0 Å². The highest BCUT2D eigenvalue weighted by Gasteiger charge is 2.29. The Labute approximate surface area is 76.9 Å². The third-order valence-electron chi connectivity index (χ3n) is 2.02. The van der Waals surface area contributed by atoms with Gasteiger partial charge in [0.05, 0.1) is 7.11 Å². The number of allylic oxidation sites excluding steroid dienone is 1. The summed E-state index contributed by atoms with van der Waals surface area (Å²) >= 11 is 0. The molecule has 1 rings (SSSR count). The maximum Gasteiger partial charge on any atom is 0.325 e. The minimum absolute atomic E-state index is 0.0471. The van der Waals surface area contributed by atoms with Crippen LogP contribution in [0.15, 0.2) is 12.2 Å². The summed E-state index contributed by atoms with van der Waals surface area (Å²) in [6, 6.07) is 0. The molecule has 13 heavy (non-hydrogen) atoms. The molecular weight excluding hydrogens is 170 g/mol. The predicted octanol–water partition coefficient (Wildman–Crippen LogP) is 0.242. The molecule has 1 fully saturated rings. The highest BCUT2D eigenvalue weighted by Crippen LogP contribution is 2.38. The fourth-order valence-electron chi connectivity index (χ4n) is 1.01. The lowest BCUT2D eigenvalue weighted by Crippen LogP contribution is -2.30. The Morgan fingerprint density at radius 1 is 1.69 bits per heavy atom. The van der Waals surface area contributed by atoms with Crippen LogP contribution in [0.1, 0.15) is 12.8 Å². The largest absolute Gasteiger partial charge is 0.468 e. The van der Waals surface area contributed by atoms with E-state index in [0.29, 0.717) is 12.3 Å². The van der Waals surface area contributed by atoms with Crippen molar-refractivity contribution < 1.29 is 14.3 Å². The fraction of sp³-hybridized carbons (Fsp3) is 0.556. The molecule has 1 N–H and O–H groups in total. The zero-order valence-electron chi connectivity index (χ0n) is 7.63. The van der Waals surface area contributed by atoms with E-state index in [4.69, 9.17) is 0 Å². The van der Waals surface area contributed by atoms with Crippen molar-refractivity contribution in [3.8, 4) is 0 Å². The molecule has 1 saturated carbocycles. The summed E-state index contributed by atoms with van der Waals surface area (Å²) in [6.07, 6.45) is 1.38. The van der Waals surface area contributed by atoms with Gasteiger partial charge >= 0.3 is 5.97 Å². The second-order valence-electron chi connectivity index (χ2n) is 3.12. The average Bonchev–Trinajstić information content (AvgIpc) is 2.77. The van der Waals surface area contributed by atoms with Crippen molar-refractivity contribution >= 4 is 11.9 Å². The van der Waals surface area contributed by atoms with Crippen LogP contribution in [0.5, 0.6) is 0 Å². The molecule has 0 spiro atoms. The highest BCUT2D eigenvalue weighted by molar-refractivity contribution is 5.82. The lowest BCUT2D eigenvalue weighted by molar-refractivity contribution is -0.141.